The maximum Gasteiger partial charge on any atom is 0.338 e. The van der Waals surface area contributed by atoms with E-state index in [0.717, 1.165) is 0 Å². The molecule has 1 saturated heterocycles. The van der Waals surface area contributed by atoms with Crippen molar-refractivity contribution in [2.45, 2.75) is 25.9 Å². The van der Waals surface area contributed by atoms with Gasteiger partial charge in [0.25, 0.3) is 5.91 Å². The average molecular weight is 555 g/mol. The number of rotatable bonds is 8. The van der Waals surface area contributed by atoms with Crippen LogP contribution in [-0.2, 0) is 9.53 Å². The first-order valence-electron chi connectivity index (χ1n) is 12.9. The van der Waals surface area contributed by atoms with Gasteiger partial charge in [0.2, 0.25) is 0 Å². The zero-order chi connectivity index (χ0) is 28.1. The van der Waals surface area contributed by atoms with Gasteiger partial charge in [-0.15, -0.1) is 6.58 Å². The van der Waals surface area contributed by atoms with Crippen molar-refractivity contribution in [3.05, 3.63) is 94.4 Å². The van der Waals surface area contributed by atoms with Crippen LogP contribution in [0.2, 0.25) is 5.02 Å². The predicted molar refractivity (Wildman–Crippen MR) is 147 cm³/mol. The van der Waals surface area contributed by atoms with E-state index in [1.807, 2.05) is 6.92 Å². The van der Waals surface area contributed by atoms with Crippen LogP contribution in [0.15, 0.2) is 72.5 Å². The maximum atomic E-state index is 13.7. The SMILES string of the molecule is C=CCN1C(=O)N[C@@H](c2cccc(Cl)c2)C(C(=O)OCC)=C1CN1CCN(C(=O)c2cccc(F)c2)[C@@H](C)C1. The zero-order valence-corrected chi connectivity index (χ0v) is 22.8. The van der Waals surface area contributed by atoms with Crippen LogP contribution in [0.5, 0.6) is 0 Å². The van der Waals surface area contributed by atoms with Crippen molar-refractivity contribution in [3.63, 3.8) is 0 Å². The summed E-state index contributed by atoms with van der Waals surface area (Å²) in [5.41, 5.74) is 1.80. The molecule has 0 aromatic heterocycles. The van der Waals surface area contributed by atoms with Crippen molar-refractivity contribution >= 4 is 29.5 Å². The first-order valence-corrected chi connectivity index (χ1v) is 13.2. The number of nitrogens with zero attached hydrogens (tertiary/aromatic N) is 3. The molecule has 2 heterocycles. The van der Waals surface area contributed by atoms with Crippen molar-refractivity contribution in [2.75, 3.05) is 39.3 Å². The maximum absolute atomic E-state index is 13.7. The van der Waals surface area contributed by atoms with E-state index in [1.165, 1.54) is 23.1 Å². The summed E-state index contributed by atoms with van der Waals surface area (Å²) in [5.74, 6) is -1.23. The highest BCUT2D eigenvalue weighted by molar-refractivity contribution is 6.30. The van der Waals surface area contributed by atoms with E-state index in [4.69, 9.17) is 16.3 Å². The number of carbonyl (C=O) groups excluding carboxylic acids is 3. The molecule has 39 heavy (non-hydrogen) atoms. The molecule has 0 aliphatic carbocycles. The number of amides is 3. The third-order valence-corrected chi connectivity index (χ3v) is 7.08. The molecular formula is C29H32ClFN4O4. The second-order valence-corrected chi connectivity index (χ2v) is 9.95. The fourth-order valence-electron chi connectivity index (χ4n) is 5.06. The second-order valence-electron chi connectivity index (χ2n) is 9.51. The molecule has 1 N–H and O–H groups in total. The molecule has 2 aliphatic heterocycles. The van der Waals surface area contributed by atoms with Crippen molar-refractivity contribution < 1.29 is 23.5 Å². The third kappa shape index (κ3) is 6.32. The number of benzene rings is 2. The number of piperazine rings is 1. The smallest absolute Gasteiger partial charge is 0.338 e. The van der Waals surface area contributed by atoms with Crippen LogP contribution in [0.25, 0.3) is 0 Å². The molecule has 2 aromatic carbocycles. The van der Waals surface area contributed by atoms with Gasteiger partial charge in [0.15, 0.2) is 0 Å². The fourth-order valence-corrected chi connectivity index (χ4v) is 5.26. The van der Waals surface area contributed by atoms with Crippen molar-refractivity contribution in [2.24, 2.45) is 0 Å². The van der Waals surface area contributed by atoms with Gasteiger partial charge >= 0.3 is 12.0 Å². The molecule has 4 rings (SSSR count). The molecule has 0 radical (unpaired) electrons. The van der Waals surface area contributed by atoms with Gasteiger partial charge in [-0.25, -0.2) is 14.0 Å². The van der Waals surface area contributed by atoms with E-state index in [0.29, 0.717) is 47.1 Å². The standard InChI is InChI=1S/C29H32ClFN4O4/c1-4-12-35-24(18-33-13-14-34(19(3)17-33)27(36)21-9-7-11-23(31)16-21)25(28(37)39-5-2)26(32-29(35)38)20-8-6-10-22(30)15-20/h4,6-11,15-16,19,26H,1,5,12-14,17-18H2,2-3H3,(H,32,38)/t19-,26-/m0/s1. The van der Waals surface area contributed by atoms with Gasteiger partial charge in [-0.1, -0.05) is 35.9 Å². The van der Waals surface area contributed by atoms with E-state index >= 15 is 0 Å². The first kappa shape index (κ1) is 28.3. The molecule has 3 amide bonds. The van der Waals surface area contributed by atoms with Crippen LogP contribution >= 0.6 is 11.6 Å². The number of carbonyl (C=O) groups is 3. The van der Waals surface area contributed by atoms with Gasteiger partial charge in [0.05, 0.1) is 18.2 Å². The minimum Gasteiger partial charge on any atom is -0.463 e. The Bertz CT molecular complexity index is 1300. The van der Waals surface area contributed by atoms with Gasteiger partial charge in [0, 0.05) is 55.0 Å². The Kier molecular flexibility index (Phi) is 9.04. The highest BCUT2D eigenvalue weighted by Crippen LogP contribution is 2.33. The lowest BCUT2D eigenvalue weighted by Crippen LogP contribution is -2.56. The molecule has 0 spiro atoms. The molecule has 10 heteroatoms. The van der Waals surface area contributed by atoms with Gasteiger partial charge in [-0.3, -0.25) is 14.6 Å². The van der Waals surface area contributed by atoms with Crippen LogP contribution in [0.1, 0.15) is 35.8 Å². The molecule has 1 fully saturated rings. The lowest BCUT2D eigenvalue weighted by Gasteiger charge is -2.43. The second kappa shape index (κ2) is 12.4. The Morgan fingerprint density at radius 2 is 1.97 bits per heavy atom. The van der Waals surface area contributed by atoms with Gasteiger partial charge in [-0.05, 0) is 49.7 Å². The topological polar surface area (TPSA) is 82.2 Å². The Balaban J connectivity index is 1.65. The quantitative estimate of drug-likeness (QED) is 0.386. The van der Waals surface area contributed by atoms with Crippen molar-refractivity contribution in [1.29, 1.82) is 0 Å². The predicted octanol–water partition coefficient (Wildman–Crippen LogP) is 4.40. The normalized spacial score (nSPS) is 20.1. The van der Waals surface area contributed by atoms with E-state index < -0.39 is 17.8 Å². The van der Waals surface area contributed by atoms with Crippen LogP contribution in [-0.4, -0.2) is 78.0 Å². The molecule has 206 valence electrons. The molecule has 0 bridgehead atoms. The van der Waals surface area contributed by atoms with Gasteiger partial charge < -0.3 is 15.0 Å². The zero-order valence-electron chi connectivity index (χ0n) is 22.0. The van der Waals surface area contributed by atoms with Gasteiger partial charge in [-0.2, -0.15) is 0 Å². The van der Waals surface area contributed by atoms with E-state index in [9.17, 15) is 18.8 Å². The summed E-state index contributed by atoms with van der Waals surface area (Å²) >= 11 is 6.24. The molecule has 2 aliphatic rings. The molecule has 0 saturated carbocycles. The number of nitrogens with one attached hydrogen (secondary N) is 1. The number of halogens is 2. The van der Waals surface area contributed by atoms with Crippen molar-refractivity contribution in [3.8, 4) is 0 Å². The third-order valence-electron chi connectivity index (χ3n) is 6.84. The van der Waals surface area contributed by atoms with Crippen LogP contribution in [0.4, 0.5) is 9.18 Å². The molecule has 0 unspecified atom stereocenters. The Hall–Kier alpha value is -3.69. The Labute approximate surface area is 232 Å². The molecule has 8 nitrogen and oxygen atoms in total. The summed E-state index contributed by atoms with van der Waals surface area (Å²) in [6, 6.07) is 11.4. The fraction of sp³-hybridized carbons (Fsp3) is 0.345. The number of esters is 1. The Morgan fingerprint density at radius 1 is 1.21 bits per heavy atom. The van der Waals surface area contributed by atoms with Crippen molar-refractivity contribution in [1.82, 2.24) is 20.0 Å². The van der Waals surface area contributed by atoms with Gasteiger partial charge in [0.1, 0.15) is 5.82 Å². The summed E-state index contributed by atoms with van der Waals surface area (Å²) < 4.78 is 19.1. The summed E-state index contributed by atoms with van der Waals surface area (Å²) in [4.78, 5) is 45.0. The lowest BCUT2D eigenvalue weighted by atomic mass is 9.94. The van der Waals surface area contributed by atoms with E-state index in [1.54, 1.807) is 48.2 Å². The number of urea groups is 1. The number of hydrogen-bond acceptors (Lipinski definition) is 5. The summed E-state index contributed by atoms with van der Waals surface area (Å²) in [5, 5.41) is 3.40. The summed E-state index contributed by atoms with van der Waals surface area (Å²) in [6.45, 7) is 9.47. The first-order chi connectivity index (χ1) is 18.7. The average Bonchev–Trinajstić information content (AvgIpc) is 2.90. The van der Waals surface area contributed by atoms with E-state index in [2.05, 4.69) is 16.8 Å². The Morgan fingerprint density at radius 3 is 2.64 bits per heavy atom. The monoisotopic (exact) mass is 554 g/mol. The minimum absolute atomic E-state index is 0.172. The van der Waals surface area contributed by atoms with Crippen LogP contribution in [0.3, 0.4) is 0 Å². The summed E-state index contributed by atoms with van der Waals surface area (Å²) in [7, 11) is 0. The molecule has 2 aromatic rings. The lowest BCUT2D eigenvalue weighted by molar-refractivity contribution is -0.139. The number of hydrogen-bond donors (Lipinski definition) is 1. The van der Waals surface area contributed by atoms with Crippen LogP contribution in [0, 0.1) is 5.82 Å². The van der Waals surface area contributed by atoms with E-state index in [-0.39, 0.29) is 37.7 Å². The highest BCUT2D eigenvalue weighted by Gasteiger charge is 2.39. The largest absolute Gasteiger partial charge is 0.463 e. The molecular weight excluding hydrogens is 523 g/mol. The minimum atomic E-state index is -0.750. The molecule has 2 atom stereocenters. The number of ether oxygens (including phenoxy) is 1. The summed E-state index contributed by atoms with van der Waals surface area (Å²) in [6.07, 6.45) is 1.60. The highest BCUT2D eigenvalue weighted by atomic mass is 35.5. The van der Waals surface area contributed by atoms with Crippen LogP contribution < -0.4 is 5.32 Å².